The minimum atomic E-state index is 0.285. The maximum Gasteiger partial charge on any atom is 0.133 e. The van der Waals surface area contributed by atoms with Gasteiger partial charge in [-0.05, 0) is 46.5 Å². The Morgan fingerprint density at radius 2 is 2.39 bits per heavy atom. The van der Waals surface area contributed by atoms with Crippen molar-refractivity contribution in [3.8, 4) is 5.75 Å². The molecule has 1 aromatic rings. The van der Waals surface area contributed by atoms with E-state index in [9.17, 15) is 0 Å². The summed E-state index contributed by atoms with van der Waals surface area (Å²) >= 11 is 3.56. The quantitative estimate of drug-likeness (QED) is 0.906. The number of hydrogen-bond donors (Lipinski definition) is 1. The van der Waals surface area contributed by atoms with Crippen molar-refractivity contribution < 1.29 is 9.47 Å². The van der Waals surface area contributed by atoms with Gasteiger partial charge in [0, 0.05) is 13.1 Å². The number of ether oxygens (including phenoxy) is 2. The molecule has 4 heteroatoms. The zero-order valence-electron chi connectivity index (χ0n) is 10.7. The Labute approximate surface area is 117 Å². The molecular formula is C14H20BrNO2. The van der Waals surface area contributed by atoms with Crippen molar-refractivity contribution in [2.24, 2.45) is 0 Å². The van der Waals surface area contributed by atoms with Gasteiger partial charge in [-0.15, -0.1) is 0 Å². The van der Waals surface area contributed by atoms with E-state index >= 15 is 0 Å². The largest absolute Gasteiger partial charge is 0.492 e. The third kappa shape index (κ3) is 3.97. The molecule has 1 unspecified atom stereocenters. The number of rotatable bonds is 5. The topological polar surface area (TPSA) is 30.5 Å². The summed E-state index contributed by atoms with van der Waals surface area (Å²) in [5.41, 5.74) is 1.28. The number of halogens is 1. The third-order valence-electron chi connectivity index (χ3n) is 2.93. The fourth-order valence-corrected chi connectivity index (χ4v) is 2.55. The van der Waals surface area contributed by atoms with Crippen LogP contribution in [0.25, 0.3) is 0 Å². The van der Waals surface area contributed by atoms with Crippen molar-refractivity contribution in [1.29, 1.82) is 0 Å². The van der Waals surface area contributed by atoms with E-state index in [1.165, 1.54) is 5.56 Å². The molecule has 0 aromatic heterocycles. The van der Waals surface area contributed by atoms with Crippen LogP contribution in [0.3, 0.4) is 0 Å². The molecule has 0 amide bonds. The number of morpholine rings is 1. The Balaban J connectivity index is 1.94. The molecule has 1 heterocycles. The molecule has 1 aliphatic heterocycles. The van der Waals surface area contributed by atoms with Crippen LogP contribution in [0.1, 0.15) is 18.9 Å². The van der Waals surface area contributed by atoms with E-state index in [0.29, 0.717) is 0 Å². The number of hydrogen-bond acceptors (Lipinski definition) is 3. The fourth-order valence-electron chi connectivity index (χ4n) is 2.01. The smallest absolute Gasteiger partial charge is 0.133 e. The Morgan fingerprint density at radius 3 is 3.06 bits per heavy atom. The lowest BCUT2D eigenvalue weighted by Crippen LogP contribution is -2.39. The van der Waals surface area contributed by atoms with Gasteiger partial charge >= 0.3 is 0 Å². The zero-order chi connectivity index (χ0) is 12.8. The molecule has 100 valence electrons. The molecule has 0 bridgehead atoms. The summed E-state index contributed by atoms with van der Waals surface area (Å²) in [5.74, 6) is 0.920. The van der Waals surface area contributed by atoms with E-state index < -0.39 is 0 Å². The molecule has 0 radical (unpaired) electrons. The summed E-state index contributed by atoms with van der Waals surface area (Å²) in [4.78, 5) is 0. The third-order valence-corrected chi connectivity index (χ3v) is 3.55. The van der Waals surface area contributed by atoms with Crippen LogP contribution in [0.15, 0.2) is 22.7 Å². The Bertz CT molecular complexity index is 378. The lowest BCUT2D eigenvalue weighted by molar-refractivity contribution is 0.0292. The van der Waals surface area contributed by atoms with Crippen molar-refractivity contribution >= 4 is 15.9 Å². The summed E-state index contributed by atoms with van der Waals surface area (Å²) in [6, 6.07) is 6.28. The first kappa shape index (κ1) is 13.8. The fraction of sp³-hybridized carbons (Fsp3) is 0.571. The monoisotopic (exact) mass is 313 g/mol. The molecule has 1 atom stereocenters. The van der Waals surface area contributed by atoms with Gasteiger partial charge in [0.25, 0.3) is 0 Å². The van der Waals surface area contributed by atoms with Gasteiger partial charge in [-0.3, -0.25) is 0 Å². The predicted molar refractivity (Wildman–Crippen MR) is 76.2 cm³/mol. The van der Waals surface area contributed by atoms with Gasteiger partial charge in [-0.2, -0.15) is 0 Å². The van der Waals surface area contributed by atoms with E-state index in [1.54, 1.807) is 0 Å². The molecule has 1 N–H and O–H groups in total. The van der Waals surface area contributed by atoms with Crippen LogP contribution in [0.2, 0.25) is 0 Å². The Kier molecular flexibility index (Phi) is 5.47. The minimum Gasteiger partial charge on any atom is -0.492 e. The SMILES string of the molecule is CCCOc1ccc(CC2CNCCO2)cc1Br. The second kappa shape index (κ2) is 7.12. The van der Waals surface area contributed by atoms with Crippen LogP contribution >= 0.6 is 15.9 Å². The molecule has 0 saturated carbocycles. The maximum absolute atomic E-state index is 5.71. The normalized spacial score (nSPS) is 19.8. The first-order chi connectivity index (χ1) is 8.79. The van der Waals surface area contributed by atoms with E-state index in [-0.39, 0.29) is 6.10 Å². The van der Waals surface area contributed by atoms with Gasteiger partial charge < -0.3 is 14.8 Å². The average molecular weight is 314 g/mol. The predicted octanol–water partition coefficient (Wildman–Crippen LogP) is 2.77. The highest BCUT2D eigenvalue weighted by Crippen LogP contribution is 2.27. The number of benzene rings is 1. The standard InChI is InChI=1S/C14H20BrNO2/c1-2-6-18-14-4-3-11(9-13(14)15)8-12-10-16-5-7-17-12/h3-4,9,12,16H,2,5-8,10H2,1H3. The summed E-state index contributed by atoms with van der Waals surface area (Å²) in [6.45, 7) is 5.57. The van der Waals surface area contributed by atoms with Crippen LogP contribution in [0, 0.1) is 0 Å². The van der Waals surface area contributed by atoms with Crippen LogP contribution in [-0.4, -0.2) is 32.4 Å². The number of nitrogens with one attached hydrogen (secondary N) is 1. The average Bonchev–Trinajstić information content (AvgIpc) is 2.39. The van der Waals surface area contributed by atoms with Crippen molar-refractivity contribution in [2.45, 2.75) is 25.9 Å². The van der Waals surface area contributed by atoms with Gasteiger partial charge in [0.2, 0.25) is 0 Å². The second-order valence-electron chi connectivity index (χ2n) is 4.51. The van der Waals surface area contributed by atoms with Crippen molar-refractivity contribution in [2.75, 3.05) is 26.3 Å². The Hall–Kier alpha value is -0.580. The highest BCUT2D eigenvalue weighted by atomic mass is 79.9. The molecule has 1 aliphatic rings. The first-order valence-electron chi connectivity index (χ1n) is 6.53. The van der Waals surface area contributed by atoms with E-state index in [0.717, 1.165) is 49.4 Å². The molecule has 0 aliphatic carbocycles. The maximum atomic E-state index is 5.71. The van der Waals surface area contributed by atoms with Gasteiger partial charge in [-0.25, -0.2) is 0 Å². The van der Waals surface area contributed by atoms with Crippen LogP contribution in [0.4, 0.5) is 0 Å². The van der Waals surface area contributed by atoms with Crippen molar-refractivity contribution in [3.63, 3.8) is 0 Å². The highest BCUT2D eigenvalue weighted by molar-refractivity contribution is 9.10. The highest BCUT2D eigenvalue weighted by Gasteiger charge is 2.14. The molecule has 2 rings (SSSR count). The van der Waals surface area contributed by atoms with E-state index in [2.05, 4.69) is 40.3 Å². The van der Waals surface area contributed by atoms with Gasteiger partial charge in [0.1, 0.15) is 5.75 Å². The summed E-state index contributed by atoms with van der Waals surface area (Å²) in [7, 11) is 0. The Morgan fingerprint density at radius 1 is 1.50 bits per heavy atom. The lowest BCUT2D eigenvalue weighted by Gasteiger charge is -2.23. The molecule has 1 fully saturated rings. The van der Waals surface area contributed by atoms with Crippen LogP contribution in [0.5, 0.6) is 5.75 Å². The zero-order valence-corrected chi connectivity index (χ0v) is 12.3. The summed E-state index contributed by atoms with van der Waals surface area (Å²) in [5, 5.41) is 3.35. The van der Waals surface area contributed by atoms with E-state index in [4.69, 9.17) is 9.47 Å². The molecular weight excluding hydrogens is 294 g/mol. The van der Waals surface area contributed by atoms with Gasteiger partial charge in [0.05, 0.1) is 23.8 Å². The van der Waals surface area contributed by atoms with Crippen molar-refractivity contribution in [3.05, 3.63) is 28.2 Å². The van der Waals surface area contributed by atoms with Gasteiger partial charge in [-0.1, -0.05) is 13.0 Å². The second-order valence-corrected chi connectivity index (χ2v) is 5.37. The minimum absolute atomic E-state index is 0.285. The molecule has 0 spiro atoms. The first-order valence-corrected chi connectivity index (χ1v) is 7.32. The van der Waals surface area contributed by atoms with Crippen LogP contribution < -0.4 is 10.1 Å². The summed E-state index contributed by atoms with van der Waals surface area (Å²) in [6.07, 6.45) is 2.25. The van der Waals surface area contributed by atoms with E-state index in [1.807, 2.05) is 6.07 Å². The summed E-state index contributed by atoms with van der Waals surface area (Å²) < 4.78 is 12.4. The molecule has 1 aromatic carbocycles. The molecule has 1 saturated heterocycles. The lowest BCUT2D eigenvalue weighted by atomic mass is 10.1. The van der Waals surface area contributed by atoms with Crippen molar-refractivity contribution in [1.82, 2.24) is 5.32 Å². The van der Waals surface area contributed by atoms with Crippen LogP contribution in [-0.2, 0) is 11.2 Å². The molecule has 3 nitrogen and oxygen atoms in total. The molecule has 18 heavy (non-hydrogen) atoms. The van der Waals surface area contributed by atoms with Gasteiger partial charge in [0.15, 0.2) is 0 Å².